The molecule has 3 rings (SSSR count). The van der Waals surface area contributed by atoms with Gasteiger partial charge in [-0.1, -0.05) is 0 Å². The number of carboxylic acid groups (broad SMARTS) is 1. The Hall–Kier alpha value is -2.23. The highest BCUT2D eigenvalue weighted by molar-refractivity contribution is 5.79. The minimum Gasteiger partial charge on any atom is -0.475 e. The first kappa shape index (κ1) is 22.1. The van der Waals surface area contributed by atoms with Crippen molar-refractivity contribution in [3.8, 4) is 0 Å². The summed E-state index contributed by atoms with van der Waals surface area (Å²) in [5, 5.41) is 7.12. The van der Waals surface area contributed by atoms with Crippen LogP contribution in [0.2, 0.25) is 0 Å². The normalized spacial score (nSPS) is 22.9. The van der Waals surface area contributed by atoms with E-state index in [0.29, 0.717) is 18.5 Å². The third-order valence-corrected chi connectivity index (χ3v) is 5.12. The number of aliphatic carboxylic acids is 1. The van der Waals surface area contributed by atoms with Crippen LogP contribution in [0.5, 0.6) is 0 Å². The van der Waals surface area contributed by atoms with Gasteiger partial charge in [-0.2, -0.15) is 13.2 Å². The van der Waals surface area contributed by atoms with Gasteiger partial charge in [0.25, 0.3) is 0 Å². The van der Waals surface area contributed by atoms with Gasteiger partial charge in [-0.3, -0.25) is 14.7 Å². The van der Waals surface area contributed by atoms with Crippen LogP contribution in [-0.2, 0) is 16.1 Å². The zero-order valence-corrected chi connectivity index (χ0v) is 15.5. The number of nitrogens with zero attached hydrogens (tertiary/aromatic N) is 3. The van der Waals surface area contributed by atoms with E-state index in [1.165, 1.54) is 6.20 Å². The molecule has 0 bridgehead atoms. The molecular weight excluding hydrogens is 382 g/mol. The molecule has 1 unspecified atom stereocenters. The smallest absolute Gasteiger partial charge is 0.475 e. The fraction of sp³-hybridized carbons (Fsp3) is 0.611. The van der Waals surface area contributed by atoms with Gasteiger partial charge in [0.15, 0.2) is 0 Å². The summed E-state index contributed by atoms with van der Waals surface area (Å²) >= 11 is 0. The molecule has 2 fully saturated rings. The molecular formula is C18H23F4N3O3. The third kappa shape index (κ3) is 5.18. The molecule has 28 heavy (non-hydrogen) atoms. The number of halogens is 4. The molecule has 0 aromatic carbocycles. The SMILES string of the molecule is CCN1C(=O)CCC12CCCN(Cc1ccncc1F)C2.O=C(O)C(F)(F)F. The van der Waals surface area contributed by atoms with Crippen LogP contribution < -0.4 is 0 Å². The monoisotopic (exact) mass is 405 g/mol. The Morgan fingerprint density at radius 3 is 2.61 bits per heavy atom. The van der Waals surface area contributed by atoms with E-state index in [1.807, 2.05) is 11.8 Å². The van der Waals surface area contributed by atoms with E-state index in [2.05, 4.69) is 9.88 Å². The number of carboxylic acids is 1. The second-order valence-corrected chi connectivity index (χ2v) is 6.95. The van der Waals surface area contributed by atoms with Crippen molar-refractivity contribution in [3.63, 3.8) is 0 Å². The quantitative estimate of drug-likeness (QED) is 0.783. The van der Waals surface area contributed by atoms with E-state index in [4.69, 9.17) is 9.90 Å². The summed E-state index contributed by atoms with van der Waals surface area (Å²) in [6.07, 6.45) is 1.56. The van der Waals surface area contributed by atoms with Gasteiger partial charge < -0.3 is 10.0 Å². The average Bonchev–Trinajstić information content (AvgIpc) is 2.91. The number of likely N-dealkylation sites (tertiary alicyclic amines) is 2. The Morgan fingerprint density at radius 1 is 1.36 bits per heavy atom. The van der Waals surface area contributed by atoms with E-state index in [0.717, 1.165) is 38.9 Å². The zero-order valence-electron chi connectivity index (χ0n) is 15.5. The molecule has 0 saturated carbocycles. The summed E-state index contributed by atoms with van der Waals surface area (Å²) in [6, 6.07) is 1.74. The molecule has 2 aliphatic heterocycles. The lowest BCUT2D eigenvalue weighted by atomic mass is 9.86. The molecule has 2 saturated heterocycles. The Balaban J connectivity index is 0.000000345. The van der Waals surface area contributed by atoms with Crippen LogP contribution in [-0.4, -0.2) is 63.1 Å². The Bertz CT molecular complexity index is 714. The maximum Gasteiger partial charge on any atom is 0.490 e. The van der Waals surface area contributed by atoms with Gasteiger partial charge in [0, 0.05) is 37.8 Å². The van der Waals surface area contributed by atoms with E-state index in [1.54, 1.807) is 12.3 Å². The number of hydrogen-bond donors (Lipinski definition) is 1. The van der Waals surface area contributed by atoms with Crippen molar-refractivity contribution in [1.29, 1.82) is 0 Å². The first-order valence-corrected chi connectivity index (χ1v) is 9.00. The highest BCUT2D eigenvalue weighted by atomic mass is 19.4. The number of piperidine rings is 1. The van der Waals surface area contributed by atoms with Crippen LogP contribution in [0.3, 0.4) is 0 Å². The van der Waals surface area contributed by atoms with Crippen LogP contribution in [0.15, 0.2) is 18.5 Å². The number of hydrogen-bond acceptors (Lipinski definition) is 4. The summed E-state index contributed by atoms with van der Waals surface area (Å²) in [5.41, 5.74) is 0.669. The highest BCUT2D eigenvalue weighted by Crippen LogP contribution is 2.38. The number of pyridine rings is 1. The fourth-order valence-corrected chi connectivity index (χ4v) is 3.92. The molecule has 2 aliphatic rings. The van der Waals surface area contributed by atoms with Crippen LogP contribution in [0.1, 0.15) is 38.2 Å². The van der Waals surface area contributed by atoms with Gasteiger partial charge in [0.05, 0.1) is 11.7 Å². The standard InChI is InChI=1S/C16H22FN3O.C2HF3O2/c1-2-20-15(21)4-7-16(20)6-3-9-19(12-16)11-13-5-8-18-10-14(13)17;3-2(4,5)1(6)7/h5,8,10H,2-4,6-7,9,11-12H2,1H3;(H,6,7). The van der Waals surface area contributed by atoms with Gasteiger partial charge in [-0.05, 0) is 38.8 Å². The van der Waals surface area contributed by atoms with Crippen LogP contribution >= 0.6 is 0 Å². The van der Waals surface area contributed by atoms with Crippen molar-refractivity contribution in [1.82, 2.24) is 14.8 Å². The molecule has 1 N–H and O–H groups in total. The molecule has 1 spiro atoms. The Morgan fingerprint density at radius 2 is 2.04 bits per heavy atom. The summed E-state index contributed by atoms with van der Waals surface area (Å²) in [7, 11) is 0. The number of aromatic nitrogens is 1. The van der Waals surface area contributed by atoms with E-state index in [9.17, 15) is 22.4 Å². The molecule has 1 atom stereocenters. The summed E-state index contributed by atoms with van der Waals surface area (Å²) < 4.78 is 45.5. The highest BCUT2D eigenvalue weighted by Gasteiger charge is 2.46. The van der Waals surface area contributed by atoms with Crippen LogP contribution in [0, 0.1) is 5.82 Å². The molecule has 6 nitrogen and oxygen atoms in total. The minimum absolute atomic E-state index is 0.0202. The molecule has 0 radical (unpaired) electrons. The molecule has 156 valence electrons. The number of likely N-dealkylation sites (N-methyl/N-ethyl adjacent to an activating group) is 1. The van der Waals surface area contributed by atoms with Crippen molar-refractivity contribution in [3.05, 3.63) is 29.8 Å². The van der Waals surface area contributed by atoms with Crippen molar-refractivity contribution in [2.24, 2.45) is 0 Å². The van der Waals surface area contributed by atoms with Gasteiger partial charge in [0.2, 0.25) is 5.91 Å². The van der Waals surface area contributed by atoms with Crippen LogP contribution in [0.4, 0.5) is 17.6 Å². The molecule has 1 aromatic rings. The van der Waals surface area contributed by atoms with Crippen molar-refractivity contribution < 1.29 is 32.3 Å². The van der Waals surface area contributed by atoms with Gasteiger partial charge in [-0.25, -0.2) is 9.18 Å². The van der Waals surface area contributed by atoms with E-state index >= 15 is 0 Å². The predicted molar refractivity (Wildman–Crippen MR) is 91.7 cm³/mol. The number of amides is 1. The molecule has 10 heteroatoms. The fourth-order valence-electron chi connectivity index (χ4n) is 3.92. The van der Waals surface area contributed by atoms with Crippen molar-refractivity contribution in [2.75, 3.05) is 19.6 Å². The summed E-state index contributed by atoms with van der Waals surface area (Å²) in [5.74, 6) is -2.73. The van der Waals surface area contributed by atoms with Gasteiger partial charge >= 0.3 is 12.1 Å². The van der Waals surface area contributed by atoms with Crippen molar-refractivity contribution in [2.45, 2.75) is 50.9 Å². The molecule has 1 amide bonds. The summed E-state index contributed by atoms with van der Waals surface area (Å²) in [6.45, 7) is 5.24. The first-order chi connectivity index (χ1) is 13.1. The van der Waals surface area contributed by atoms with Gasteiger partial charge in [-0.15, -0.1) is 0 Å². The van der Waals surface area contributed by atoms with E-state index < -0.39 is 12.1 Å². The molecule has 1 aromatic heterocycles. The second kappa shape index (κ2) is 8.85. The Kier molecular flexibility index (Phi) is 6.97. The van der Waals surface area contributed by atoms with Crippen molar-refractivity contribution >= 4 is 11.9 Å². The lowest BCUT2D eigenvalue weighted by molar-refractivity contribution is -0.192. The largest absolute Gasteiger partial charge is 0.490 e. The predicted octanol–water partition coefficient (Wildman–Crippen LogP) is 2.83. The number of alkyl halides is 3. The number of carbonyl (C=O) groups is 2. The van der Waals surface area contributed by atoms with Crippen LogP contribution in [0.25, 0.3) is 0 Å². The Labute approximate surface area is 160 Å². The number of carbonyl (C=O) groups excluding carboxylic acids is 1. The molecule has 3 heterocycles. The maximum absolute atomic E-state index is 13.8. The lowest BCUT2D eigenvalue weighted by Gasteiger charge is -2.45. The first-order valence-electron chi connectivity index (χ1n) is 9.00. The number of rotatable bonds is 3. The lowest BCUT2D eigenvalue weighted by Crippen LogP contribution is -2.56. The minimum atomic E-state index is -5.08. The zero-order chi connectivity index (χ0) is 20.9. The maximum atomic E-state index is 13.8. The topological polar surface area (TPSA) is 73.7 Å². The second-order valence-electron chi connectivity index (χ2n) is 6.95. The summed E-state index contributed by atoms with van der Waals surface area (Å²) in [4.78, 5) is 29.1. The third-order valence-electron chi connectivity index (χ3n) is 5.12. The van der Waals surface area contributed by atoms with Gasteiger partial charge in [0.1, 0.15) is 5.82 Å². The molecule has 0 aliphatic carbocycles. The van der Waals surface area contributed by atoms with E-state index in [-0.39, 0.29) is 17.3 Å². The average molecular weight is 405 g/mol.